The highest BCUT2D eigenvalue weighted by Crippen LogP contribution is 2.28. The normalized spacial score (nSPS) is 10.4. The van der Waals surface area contributed by atoms with Crippen molar-refractivity contribution >= 4 is 45.3 Å². The summed E-state index contributed by atoms with van der Waals surface area (Å²) in [6.07, 6.45) is 0. The van der Waals surface area contributed by atoms with Gasteiger partial charge in [0.1, 0.15) is 0 Å². The zero-order valence-corrected chi connectivity index (χ0v) is 16.8. The van der Waals surface area contributed by atoms with Gasteiger partial charge in [-0.2, -0.15) is 0 Å². The molecule has 1 amide bonds. The Morgan fingerprint density at radius 2 is 1.80 bits per heavy atom. The smallest absolute Gasteiger partial charge is 0.316 e. The van der Waals surface area contributed by atoms with Crippen molar-refractivity contribution in [2.75, 3.05) is 17.7 Å². The average molecular weight is 422 g/mol. The van der Waals surface area contributed by atoms with E-state index in [1.807, 2.05) is 57.2 Å². The minimum Gasteiger partial charge on any atom is -0.455 e. The molecule has 0 aliphatic carbocycles. The lowest BCUT2D eigenvalue weighted by atomic mass is 10.2. The van der Waals surface area contributed by atoms with Crippen LogP contribution in [-0.4, -0.2) is 24.2 Å². The van der Waals surface area contributed by atoms with Gasteiger partial charge in [-0.15, -0.1) is 11.8 Å². The zero-order valence-electron chi connectivity index (χ0n) is 14.4. The number of amides is 1. The molecule has 0 saturated heterocycles. The summed E-state index contributed by atoms with van der Waals surface area (Å²) in [5.41, 5.74) is 3.88. The fourth-order valence-electron chi connectivity index (χ4n) is 2.13. The Hall–Kier alpha value is -1.79. The summed E-state index contributed by atoms with van der Waals surface area (Å²) in [4.78, 5) is 24.8. The van der Waals surface area contributed by atoms with E-state index in [9.17, 15) is 9.59 Å². The van der Waals surface area contributed by atoms with Gasteiger partial charge >= 0.3 is 5.97 Å². The van der Waals surface area contributed by atoms with Gasteiger partial charge in [0.05, 0.1) is 5.75 Å². The van der Waals surface area contributed by atoms with E-state index >= 15 is 0 Å². The van der Waals surface area contributed by atoms with E-state index in [1.54, 1.807) is 0 Å². The van der Waals surface area contributed by atoms with Crippen LogP contribution in [0.2, 0.25) is 0 Å². The second kappa shape index (κ2) is 9.06. The summed E-state index contributed by atoms with van der Waals surface area (Å²) in [7, 11) is 0. The second-order valence-corrected chi connectivity index (χ2v) is 7.55. The van der Waals surface area contributed by atoms with E-state index in [2.05, 4.69) is 21.2 Å². The summed E-state index contributed by atoms with van der Waals surface area (Å²) < 4.78 is 6.10. The first-order valence-corrected chi connectivity index (χ1v) is 9.55. The molecule has 0 atom stereocenters. The standard InChI is InChI=1S/C19H20BrNO3S/c1-12-6-4-5-7-16(12)21-18(22)10-24-19(23)11-25-17-9-13(2)15(20)8-14(17)3/h4-9H,10-11H2,1-3H3,(H,21,22). The van der Waals surface area contributed by atoms with Gasteiger partial charge in [-0.25, -0.2) is 0 Å². The number of carbonyl (C=O) groups is 2. The number of esters is 1. The van der Waals surface area contributed by atoms with E-state index in [0.717, 1.165) is 31.7 Å². The van der Waals surface area contributed by atoms with Gasteiger partial charge in [-0.1, -0.05) is 34.1 Å². The molecule has 0 spiro atoms. The molecule has 0 fully saturated rings. The maximum atomic E-state index is 11.9. The molecule has 0 unspecified atom stereocenters. The molecule has 0 aromatic heterocycles. The summed E-state index contributed by atoms with van der Waals surface area (Å²) >= 11 is 4.90. The molecule has 6 heteroatoms. The lowest BCUT2D eigenvalue weighted by Gasteiger charge is -2.10. The minimum atomic E-state index is -0.412. The van der Waals surface area contributed by atoms with Gasteiger partial charge < -0.3 is 10.1 Å². The fraction of sp³-hybridized carbons (Fsp3) is 0.263. The Labute approximate surface area is 160 Å². The summed E-state index contributed by atoms with van der Waals surface area (Å²) in [5.74, 6) is -0.590. The quantitative estimate of drug-likeness (QED) is 0.544. The van der Waals surface area contributed by atoms with Crippen LogP contribution in [-0.2, 0) is 14.3 Å². The molecule has 1 N–H and O–H groups in total. The first-order valence-electron chi connectivity index (χ1n) is 7.77. The lowest BCUT2D eigenvalue weighted by molar-refractivity contribution is -0.144. The van der Waals surface area contributed by atoms with Crippen LogP contribution in [0.15, 0.2) is 45.8 Å². The van der Waals surface area contributed by atoms with Crippen LogP contribution in [0.5, 0.6) is 0 Å². The number of carbonyl (C=O) groups excluding carboxylic acids is 2. The number of anilines is 1. The predicted molar refractivity (Wildman–Crippen MR) is 105 cm³/mol. The van der Waals surface area contributed by atoms with E-state index in [0.29, 0.717) is 0 Å². The van der Waals surface area contributed by atoms with E-state index in [-0.39, 0.29) is 18.3 Å². The Bertz CT molecular complexity index is 792. The molecule has 0 aliphatic heterocycles. The number of hydrogen-bond donors (Lipinski definition) is 1. The monoisotopic (exact) mass is 421 g/mol. The fourth-order valence-corrected chi connectivity index (χ4v) is 3.50. The number of thioether (sulfide) groups is 1. The van der Waals surface area contributed by atoms with Crippen molar-refractivity contribution in [3.05, 3.63) is 57.6 Å². The van der Waals surface area contributed by atoms with Crippen LogP contribution in [0, 0.1) is 20.8 Å². The third-order valence-corrected chi connectivity index (χ3v) is 5.57. The van der Waals surface area contributed by atoms with Crippen molar-refractivity contribution in [2.45, 2.75) is 25.7 Å². The van der Waals surface area contributed by atoms with Crippen molar-refractivity contribution in [1.29, 1.82) is 0 Å². The largest absolute Gasteiger partial charge is 0.455 e. The summed E-state index contributed by atoms with van der Waals surface area (Å²) in [6, 6.07) is 11.5. The van der Waals surface area contributed by atoms with Crippen molar-refractivity contribution in [3.8, 4) is 0 Å². The van der Waals surface area contributed by atoms with Crippen molar-refractivity contribution in [3.63, 3.8) is 0 Å². The first kappa shape index (κ1) is 19.5. The van der Waals surface area contributed by atoms with Crippen LogP contribution >= 0.6 is 27.7 Å². The zero-order chi connectivity index (χ0) is 18.4. The highest BCUT2D eigenvalue weighted by molar-refractivity contribution is 9.10. The number of benzene rings is 2. The number of ether oxygens (including phenoxy) is 1. The van der Waals surface area contributed by atoms with E-state index in [1.165, 1.54) is 11.8 Å². The molecule has 0 heterocycles. The molecular formula is C19H20BrNO3S. The van der Waals surface area contributed by atoms with Crippen LogP contribution in [0.4, 0.5) is 5.69 Å². The van der Waals surface area contributed by atoms with Crippen molar-refractivity contribution in [2.24, 2.45) is 0 Å². The third kappa shape index (κ3) is 5.90. The van der Waals surface area contributed by atoms with Gasteiger partial charge in [0.2, 0.25) is 0 Å². The van der Waals surface area contributed by atoms with Gasteiger partial charge in [0.15, 0.2) is 6.61 Å². The maximum Gasteiger partial charge on any atom is 0.316 e. The van der Waals surface area contributed by atoms with Crippen LogP contribution < -0.4 is 5.32 Å². The van der Waals surface area contributed by atoms with Crippen LogP contribution in [0.1, 0.15) is 16.7 Å². The number of halogens is 1. The Morgan fingerprint density at radius 3 is 2.52 bits per heavy atom. The number of para-hydroxylation sites is 1. The van der Waals surface area contributed by atoms with E-state index < -0.39 is 5.97 Å². The SMILES string of the molecule is Cc1cc(SCC(=O)OCC(=O)Nc2ccccc2C)c(C)cc1Br. The molecule has 0 bridgehead atoms. The number of aryl methyl sites for hydroxylation is 3. The number of hydrogen-bond acceptors (Lipinski definition) is 4. The molecule has 4 nitrogen and oxygen atoms in total. The van der Waals surface area contributed by atoms with Gasteiger partial charge in [0.25, 0.3) is 5.91 Å². The molecule has 0 aliphatic rings. The van der Waals surface area contributed by atoms with Crippen LogP contribution in [0.3, 0.4) is 0 Å². The third-order valence-electron chi connectivity index (χ3n) is 3.59. The Morgan fingerprint density at radius 1 is 1.08 bits per heavy atom. The van der Waals surface area contributed by atoms with Gasteiger partial charge in [0, 0.05) is 15.1 Å². The highest BCUT2D eigenvalue weighted by Gasteiger charge is 2.11. The molecule has 2 aromatic rings. The molecule has 2 aromatic carbocycles. The second-order valence-electron chi connectivity index (χ2n) is 5.68. The minimum absolute atomic E-state index is 0.166. The molecule has 0 radical (unpaired) electrons. The molecule has 2 rings (SSSR count). The van der Waals surface area contributed by atoms with E-state index in [4.69, 9.17) is 4.74 Å². The van der Waals surface area contributed by atoms with Gasteiger partial charge in [-0.3, -0.25) is 9.59 Å². The molecule has 25 heavy (non-hydrogen) atoms. The van der Waals surface area contributed by atoms with Crippen molar-refractivity contribution in [1.82, 2.24) is 0 Å². The highest BCUT2D eigenvalue weighted by atomic mass is 79.9. The summed E-state index contributed by atoms with van der Waals surface area (Å²) in [5, 5.41) is 2.73. The average Bonchev–Trinajstić information content (AvgIpc) is 2.57. The topological polar surface area (TPSA) is 55.4 Å². The lowest BCUT2D eigenvalue weighted by Crippen LogP contribution is -2.22. The Kier molecular flexibility index (Phi) is 7.08. The molecular weight excluding hydrogens is 402 g/mol. The first-order chi connectivity index (χ1) is 11.9. The van der Waals surface area contributed by atoms with Gasteiger partial charge in [-0.05, 0) is 55.7 Å². The Balaban J connectivity index is 1.80. The molecule has 0 saturated carbocycles. The summed E-state index contributed by atoms with van der Waals surface area (Å²) in [6.45, 7) is 5.61. The predicted octanol–water partition coefficient (Wildman–Crippen LogP) is 4.65. The molecule has 132 valence electrons. The maximum absolute atomic E-state index is 11.9. The number of rotatable bonds is 6. The van der Waals surface area contributed by atoms with Crippen molar-refractivity contribution < 1.29 is 14.3 Å². The number of nitrogens with one attached hydrogen (secondary N) is 1. The van der Waals surface area contributed by atoms with Crippen LogP contribution in [0.25, 0.3) is 0 Å².